The molecular weight excluding hydrogens is 464 g/mol. The highest BCUT2D eigenvalue weighted by molar-refractivity contribution is 5.79. The standard InChI is InChI=1S/C28H50O8/c1-7-11-15-23(9-3)19-33-27(31)21(5)35-25(29)17-13-14-18-26(30)36-22(6)28(32)34-20-24(10-4)16-12-8-2/h21-24H,7-20H2,1-6H3. The molecule has 0 bridgehead atoms. The first kappa shape index (κ1) is 33.9. The van der Waals surface area contributed by atoms with E-state index in [0.29, 0.717) is 37.9 Å². The van der Waals surface area contributed by atoms with Gasteiger partial charge < -0.3 is 18.9 Å². The van der Waals surface area contributed by atoms with Gasteiger partial charge in [-0.05, 0) is 51.4 Å². The Morgan fingerprint density at radius 2 is 0.944 bits per heavy atom. The number of hydrogen-bond acceptors (Lipinski definition) is 8. The number of hydrogen-bond donors (Lipinski definition) is 0. The molecule has 0 radical (unpaired) electrons. The van der Waals surface area contributed by atoms with Gasteiger partial charge in [0.15, 0.2) is 12.2 Å². The molecule has 0 saturated carbocycles. The lowest BCUT2D eigenvalue weighted by Crippen LogP contribution is -2.28. The first-order valence-electron chi connectivity index (χ1n) is 13.9. The van der Waals surface area contributed by atoms with Crippen molar-refractivity contribution in [2.75, 3.05) is 13.2 Å². The Hall–Kier alpha value is -2.12. The normalized spacial score (nSPS) is 14.3. The Kier molecular flexibility index (Phi) is 19.8. The Bertz CT molecular complexity index is 579. The van der Waals surface area contributed by atoms with Crippen LogP contribution in [0.2, 0.25) is 0 Å². The maximum atomic E-state index is 12.1. The van der Waals surface area contributed by atoms with Crippen LogP contribution in [0.1, 0.15) is 119 Å². The molecule has 36 heavy (non-hydrogen) atoms. The average molecular weight is 515 g/mol. The van der Waals surface area contributed by atoms with Crippen molar-refractivity contribution in [1.82, 2.24) is 0 Å². The number of unbranched alkanes of at least 4 members (excludes halogenated alkanes) is 3. The van der Waals surface area contributed by atoms with E-state index in [1.54, 1.807) is 0 Å². The summed E-state index contributed by atoms with van der Waals surface area (Å²) in [5.41, 5.74) is 0. The van der Waals surface area contributed by atoms with Crippen molar-refractivity contribution in [3.63, 3.8) is 0 Å². The third-order valence-electron chi connectivity index (χ3n) is 6.30. The summed E-state index contributed by atoms with van der Waals surface area (Å²) in [6, 6.07) is 0. The Labute approximate surface area is 218 Å². The highest BCUT2D eigenvalue weighted by Crippen LogP contribution is 2.15. The van der Waals surface area contributed by atoms with Gasteiger partial charge in [-0.2, -0.15) is 0 Å². The highest BCUT2D eigenvalue weighted by Gasteiger charge is 2.22. The smallest absolute Gasteiger partial charge is 0.347 e. The van der Waals surface area contributed by atoms with Crippen LogP contribution in [0.3, 0.4) is 0 Å². The summed E-state index contributed by atoms with van der Waals surface area (Å²) in [5.74, 6) is -1.48. The molecule has 0 N–H and O–H groups in total. The minimum Gasteiger partial charge on any atom is -0.463 e. The second-order valence-corrected chi connectivity index (χ2v) is 9.56. The van der Waals surface area contributed by atoms with Gasteiger partial charge in [0.05, 0.1) is 13.2 Å². The molecular formula is C28H50O8. The highest BCUT2D eigenvalue weighted by atomic mass is 16.6. The summed E-state index contributed by atoms with van der Waals surface area (Å²) in [6.07, 6.45) is 7.29. The van der Waals surface area contributed by atoms with E-state index < -0.39 is 36.1 Å². The summed E-state index contributed by atoms with van der Waals surface area (Å²) < 4.78 is 20.9. The van der Waals surface area contributed by atoms with E-state index in [-0.39, 0.29) is 12.8 Å². The summed E-state index contributed by atoms with van der Waals surface area (Å²) in [6.45, 7) is 12.0. The fourth-order valence-corrected chi connectivity index (χ4v) is 3.58. The molecule has 8 nitrogen and oxygen atoms in total. The molecule has 0 rings (SSSR count). The predicted octanol–water partition coefficient (Wildman–Crippen LogP) is 5.93. The molecule has 0 aliphatic heterocycles. The van der Waals surface area contributed by atoms with Gasteiger partial charge in [-0.1, -0.05) is 66.2 Å². The minimum atomic E-state index is -0.965. The van der Waals surface area contributed by atoms with Crippen molar-refractivity contribution in [2.24, 2.45) is 11.8 Å². The van der Waals surface area contributed by atoms with Gasteiger partial charge in [-0.3, -0.25) is 9.59 Å². The van der Waals surface area contributed by atoms with Gasteiger partial charge in [-0.15, -0.1) is 0 Å². The van der Waals surface area contributed by atoms with Gasteiger partial charge in [0.25, 0.3) is 0 Å². The molecule has 0 aromatic carbocycles. The number of carbonyl (C=O) groups excluding carboxylic acids is 4. The van der Waals surface area contributed by atoms with Crippen molar-refractivity contribution in [1.29, 1.82) is 0 Å². The molecule has 4 atom stereocenters. The third-order valence-corrected chi connectivity index (χ3v) is 6.30. The van der Waals surface area contributed by atoms with Crippen molar-refractivity contribution in [2.45, 2.75) is 131 Å². The van der Waals surface area contributed by atoms with Gasteiger partial charge in [0.1, 0.15) is 0 Å². The fourth-order valence-electron chi connectivity index (χ4n) is 3.58. The number of rotatable bonds is 21. The molecule has 0 saturated heterocycles. The van der Waals surface area contributed by atoms with Crippen LogP contribution >= 0.6 is 0 Å². The zero-order valence-electron chi connectivity index (χ0n) is 23.5. The van der Waals surface area contributed by atoms with Crippen LogP contribution in [0.25, 0.3) is 0 Å². The Balaban J connectivity index is 4.11. The van der Waals surface area contributed by atoms with E-state index in [0.717, 1.165) is 51.4 Å². The zero-order chi connectivity index (χ0) is 27.3. The van der Waals surface area contributed by atoms with Crippen LogP contribution in [-0.4, -0.2) is 49.3 Å². The van der Waals surface area contributed by atoms with Gasteiger partial charge >= 0.3 is 23.9 Å². The van der Waals surface area contributed by atoms with E-state index in [4.69, 9.17) is 18.9 Å². The molecule has 0 aliphatic carbocycles. The maximum Gasteiger partial charge on any atom is 0.347 e. The summed E-state index contributed by atoms with van der Waals surface area (Å²) >= 11 is 0. The summed E-state index contributed by atoms with van der Waals surface area (Å²) in [4.78, 5) is 48.2. The lowest BCUT2D eigenvalue weighted by molar-refractivity contribution is -0.168. The van der Waals surface area contributed by atoms with Crippen LogP contribution in [0, 0.1) is 11.8 Å². The van der Waals surface area contributed by atoms with E-state index in [2.05, 4.69) is 27.7 Å². The molecule has 0 aromatic rings. The molecule has 0 spiro atoms. The van der Waals surface area contributed by atoms with Gasteiger partial charge in [0.2, 0.25) is 0 Å². The lowest BCUT2D eigenvalue weighted by Gasteiger charge is -2.17. The lowest BCUT2D eigenvalue weighted by atomic mass is 10.0. The van der Waals surface area contributed by atoms with Crippen LogP contribution < -0.4 is 0 Å². The number of esters is 4. The molecule has 0 heterocycles. The number of ether oxygens (including phenoxy) is 4. The maximum absolute atomic E-state index is 12.1. The topological polar surface area (TPSA) is 105 Å². The third kappa shape index (κ3) is 16.5. The van der Waals surface area contributed by atoms with Gasteiger partial charge in [-0.25, -0.2) is 9.59 Å². The van der Waals surface area contributed by atoms with Gasteiger partial charge in [0, 0.05) is 12.8 Å². The predicted molar refractivity (Wildman–Crippen MR) is 138 cm³/mol. The molecule has 0 aliphatic rings. The van der Waals surface area contributed by atoms with Crippen LogP contribution in [0.4, 0.5) is 0 Å². The second-order valence-electron chi connectivity index (χ2n) is 9.56. The zero-order valence-corrected chi connectivity index (χ0v) is 23.5. The monoisotopic (exact) mass is 514 g/mol. The minimum absolute atomic E-state index is 0.0761. The molecule has 0 amide bonds. The molecule has 4 unspecified atom stereocenters. The second kappa shape index (κ2) is 21.0. The Morgan fingerprint density at radius 1 is 0.583 bits per heavy atom. The SMILES string of the molecule is CCCCC(CC)COC(=O)C(C)OC(=O)CCCCC(=O)OC(C)C(=O)OCC(CC)CCCC. The van der Waals surface area contributed by atoms with E-state index >= 15 is 0 Å². The molecule has 210 valence electrons. The van der Waals surface area contributed by atoms with Crippen LogP contribution in [0.15, 0.2) is 0 Å². The molecule has 0 aromatic heterocycles. The van der Waals surface area contributed by atoms with Crippen molar-refractivity contribution in [3.8, 4) is 0 Å². The van der Waals surface area contributed by atoms with E-state index in [1.165, 1.54) is 13.8 Å². The largest absolute Gasteiger partial charge is 0.463 e. The van der Waals surface area contributed by atoms with E-state index in [1.807, 2.05) is 0 Å². The summed E-state index contributed by atoms with van der Waals surface area (Å²) in [7, 11) is 0. The van der Waals surface area contributed by atoms with E-state index in [9.17, 15) is 19.2 Å². The first-order valence-corrected chi connectivity index (χ1v) is 13.9. The molecule has 8 heteroatoms. The first-order chi connectivity index (χ1) is 17.2. The van der Waals surface area contributed by atoms with Crippen molar-refractivity contribution < 1.29 is 38.1 Å². The Morgan fingerprint density at radius 3 is 1.25 bits per heavy atom. The number of carbonyl (C=O) groups is 4. The average Bonchev–Trinajstić information content (AvgIpc) is 2.86. The summed E-state index contributed by atoms with van der Waals surface area (Å²) in [5, 5.41) is 0. The van der Waals surface area contributed by atoms with Crippen molar-refractivity contribution >= 4 is 23.9 Å². The van der Waals surface area contributed by atoms with Crippen LogP contribution in [-0.2, 0) is 38.1 Å². The quantitative estimate of drug-likeness (QED) is 0.105. The van der Waals surface area contributed by atoms with Crippen molar-refractivity contribution in [3.05, 3.63) is 0 Å². The van der Waals surface area contributed by atoms with Crippen LogP contribution in [0.5, 0.6) is 0 Å². The molecule has 0 fully saturated rings. The fraction of sp³-hybridized carbons (Fsp3) is 0.857.